The van der Waals surface area contributed by atoms with E-state index in [1.165, 1.54) is 89.9 Å². The van der Waals surface area contributed by atoms with Gasteiger partial charge in [0.1, 0.15) is 6.10 Å². The van der Waals surface area contributed by atoms with Gasteiger partial charge in [-0.1, -0.05) is 103 Å². The molecule has 0 heterocycles. The molecule has 0 saturated heterocycles. The molecule has 4 nitrogen and oxygen atoms in total. The summed E-state index contributed by atoms with van der Waals surface area (Å²) in [7, 11) is 0. The Bertz CT molecular complexity index is 290. The van der Waals surface area contributed by atoms with Crippen LogP contribution in [0.2, 0.25) is 0 Å². The van der Waals surface area contributed by atoms with Crippen LogP contribution in [0.1, 0.15) is 116 Å². The van der Waals surface area contributed by atoms with Crippen LogP contribution in [0, 0.1) is 0 Å². The van der Waals surface area contributed by atoms with Crippen molar-refractivity contribution in [1.29, 1.82) is 0 Å². The number of unbranched alkanes of at least 4 members (excludes halogenated alkanes) is 15. The van der Waals surface area contributed by atoms with Gasteiger partial charge in [-0.15, -0.1) is 0 Å². The number of rotatable bonds is 20. The molecule has 0 aliphatic rings. The van der Waals surface area contributed by atoms with Crippen LogP contribution in [0.5, 0.6) is 0 Å². The molecule has 0 rings (SSSR count). The van der Waals surface area contributed by atoms with Gasteiger partial charge in [-0.2, -0.15) is 0 Å². The van der Waals surface area contributed by atoms with Crippen LogP contribution in [0.15, 0.2) is 0 Å². The molecule has 26 heavy (non-hydrogen) atoms. The third-order valence-electron chi connectivity index (χ3n) is 4.94. The van der Waals surface area contributed by atoms with Crippen molar-refractivity contribution in [2.24, 2.45) is 0 Å². The summed E-state index contributed by atoms with van der Waals surface area (Å²) < 4.78 is 4.93. The SMILES string of the molecule is CCCCCCCCCCCCCCCCCCC(=O)OC(CO)CO. The zero-order chi connectivity index (χ0) is 19.3. The molecule has 156 valence electrons. The lowest BCUT2D eigenvalue weighted by Crippen LogP contribution is -2.25. The van der Waals surface area contributed by atoms with Crippen molar-refractivity contribution in [2.75, 3.05) is 13.2 Å². The molecular formula is C22H44O4. The third kappa shape index (κ3) is 18.2. The first kappa shape index (κ1) is 25.4. The van der Waals surface area contributed by atoms with Crippen LogP contribution in [0.25, 0.3) is 0 Å². The molecule has 0 atom stereocenters. The van der Waals surface area contributed by atoms with Crippen molar-refractivity contribution >= 4 is 5.97 Å². The average molecular weight is 373 g/mol. The minimum absolute atomic E-state index is 0.316. The molecule has 0 aromatic heterocycles. The van der Waals surface area contributed by atoms with Gasteiger partial charge in [0, 0.05) is 6.42 Å². The van der Waals surface area contributed by atoms with Gasteiger partial charge in [0.2, 0.25) is 0 Å². The largest absolute Gasteiger partial charge is 0.457 e. The number of hydrogen-bond donors (Lipinski definition) is 2. The first-order valence-corrected chi connectivity index (χ1v) is 11.2. The highest BCUT2D eigenvalue weighted by atomic mass is 16.6. The Morgan fingerprint density at radius 2 is 1.00 bits per heavy atom. The van der Waals surface area contributed by atoms with Gasteiger partial charge < -0.3 is 14.9 Å². The van der Waals surface area contributed by atoms with Gasteiger partial charge in [0.05, 0.1) is 13.2 Å². The molecule has 4 heteroatoms. The number of aliphatic hydroxyl groups excluding tert-OH is 2. The van der Waals surface area contributed by atoms with Crippen molar-refractivity contribution in [3.8, 4) is 0 Å². The number of ether oxygens (including phenoxy) is 1. The molecule has 0 amide bonds. The van der Waals surface area contributed by atoms with E-state index < -0.39 is 6.10 Å². The van der Waals surface area contributed by atoms with E-state index in [1.807, 2.05) is 0 Å². The lowest BCUT2D eigenvalue weighted by Gasteiger charge is -2.12. The van der Waals surface area contributed by atoms with Gasteiger partial charge in [0.15, 0.2) is 0 Å². The Balaban J connectivity index is 3.16. The molecule has 0 saturated carbocycles. The van der Waals surface area contributed by atoms with E-state index in [1.54, 1.807) is 0 Å². The van der Waals surface area contributed by atoms with Crippen LogP contribution in [0.3, 0.4) is 0 Å². The third-order valence-corrected chi connectivity index (χ3v) is 4.94. The lowest BCUT2D eigenvalue weighted by atomic mass is 10.0. The van der Waals surface area contributed by atoms with Crippen molar-refractivity contribution < 1.29 is 19.7 Å². The van der Waals surface area contributed by atoms with Crippen molar-refractivity contribution in [3.05, 3.63) is 0 Å². The maximum Gasteiger partial charge on any atom is 0.306 e. The molecule has 0 unspecified atom stereocenters. The highest BCUT2D eigenvalue weighted by Crippen LogP contribution is 2.14. The predicted octanol–water partition coefficient (Wildman–Crippen LogP) is 5.53. The second-order valence-electron chi connectivity index (χ2n) is 7.53. The average Bonchev–Trinajstić information content (AvgIpc) is 2.65. The maximum absolute atomic E-state index is 11.5. The number of esters is 1. The molecule has 0 aliphatic carbocycles. The predicted molar refractivity (Wildman–Crippen MR) is 108 cm³/mol. The zero-order valence-electron chi connectivity index (χ0n) is 17.2. The summed E-state index contributed by atoms with van der Waals surface area (Å²) in [6.45, 7) is 1.63. The van der Waals surface area contributed by atoms with Crippen LogP contribution in [0.4, 0.5) is 0 Å². The van der Waals surface area contributed by atoms with E-state index in [-0.39, 0.29) is 19.2 Å². The summed E-state index contributed by atoms with van der Waals surface area (Å²) in [4.78, 5) is 11.5. The summed E-state index contributed by atoms with van der Waals surface area (Å²) in [6, 6.07) is 0. The summed E-state index contributed by atoms with van der Waals surface area (Å²) in [6.07, 6.45) is 20.6. The Labute approximate surface area is 161 Å². The van der Waals surface area contributed by atoms with Gasteiger partial charge >= 0.3 is 5.97 Å². The normalized spacial score (nSPS) is 11.2. The van der Waals surface area contributed by atoms with Crippen molar-refractivity contribution in [1.82, 2.24) is 0 Å². The quantitative estimate of drug-likeness (QED) is 0.218. The molecule has 0 bridgehead atoms. The van der Waals surface area contributed by atoms with Crippen LogP contribution in [-0.2, 0) is 9.53 Å². The van der Waals surface area contributed by atoms with Gasteiger partial charge in [-0.05, 0) is 6.42 Å². The summed E-state index contributed by atoms with van der Waals surface area (Å²) in [5, 5.41) is 17.7. The fourth-order valence-corrected chi connectivity index (χ4v) is 3.19. The highest BCUT2D eigenvalue weighted by Gasteiger charge is 2.11. The summed E-state index contributed by atoms with van der Waals surface area (Å²) in [5.74, 6) is -0.316. The Kier molecular flexibility index (Phi) is 20.2. The molecule has 0 aromatic carbocycles. The Morgan fingerprint density at radius 1 is 0.654 bits per heavy atom. The number of carbonyl (C=O) groups excluding carboxylic acids is 1. The number of aliphatic hydroxyl groups is 2. The van der Waals surface area contributed by atoms with Crippen molar-refractivity contribution in [3.63, 3.8) is 0 Å². The summed E-state index contributed by atoms with van der Waals surface area (Å²) in [5.41, 5.74) is 0. The molecule has 0 aromatic rings. The van der Waals surface area contributed by atoms with Gasteiger partial charge in [0.25, 0.3) is 0 Å². The fourth-order valence-electron chi connectivity index (χ4n) is 3.19. The minimum Gasteiger partial charge on any atom is -0.457 e. The fraction of sp³-hybridized carbons (Fsp3) is 0.955. The minimum atomic E-state index is -0.761. The lowest BCUT2D eigenvalue weighted by molar-refractivity contribution is -0.153. The molecule has 0 spiro atoms. The monoisotopic (exact) mass is 372 g/mol. The van der Waals surface area contributed by atoms with E-state index in [9.17, 15) is 4.79 Å². The molecular weight excluding hydrogens is 328 g/mol. The van der Waals surface area contributed by atoms with Crippen LogP contribution >= 0.6 is 0 Å². The standard InChI is InChI=1S/C22H44O4/c1-2-3-4-5-6-7-8-9-10-11-12-13-14-15-16-17-18-22(25)26-21(19-23)20-24/h21,23-24H,2-20H2,1H3. The molecule has 0 fully saturated rings. The van der Waals surface area contributed by atoms with Crippen LogP contribution < -0.4 is 0 Å². The smallest absolute Gasteiger partial charge is 0.306 e. The van der Waals surface area contributed by atoms with E-state index >= 15 is 0 Å². The van der Waals surface area contributed by atoms with E-state index in [4.69, 9.17) is 14.9 Å². The molecule has 0 radical (unpaired) electrons. The first-order chi connectivity index (χ1) is 12.7. The zero-order valence-corrected chi connectivity index (χ0v) is 17.2. The first-order valence-electron chi connectivity index (χ1n) is 11.2. The topological polar surface area (TPSA) is 66.8 Å². The summed E-state index contributed by atoms with van der Waals surface area (Å²) >= 11 is 0. The second kappa shape index (κ2) is 20.7. The second-order valence-corrected chi connectivity index (χ2v) is 7.53. The van der Waals surface area contributed by atoms with Gasteiger partial charge in [-0.25, -0.2) is 0 Å². The Hall–Kier alpha value is -0.610. The molecule has 2 N–H and O–H groups in total. The number of carbonyl (C=O) groups is 1. The number of hydrogen-bond acceptors (Lipinski definition) is 4. The van der Waals surface area contributed by atoms with Gasteiger partial charge in [-0.3, -0.25) is 4.79 Å². The molecule has 0 aliphatic heterocycles. The Morgan fingerprint density at radius 3 is 1.35 bits per heavy atom. The maximum atomic E-state index is 11.5. The van der Waals surface area contributed by atoms with E-state index in [0.29, 0.717) is 6.42 Å². The van der Waals surface area contributed by atoms with Crippen LogP contribution in [-0.4, -0.2) is 35.5 Å². The van der Waals surface area contributed by atoms with Crippen molar-refractivity contribution in [2.45, 2.75) is 122 Å². The van der Waals surface area contributed by atoms with E-state index in [0.717, 1.165) is 12.8 Å². The highest BCUT2D eigenvalue weighted by molar-refractivity contribution is 5.69. The van der Waals surface area contributed by atoms with E-state index in [2.05, 4.69) is 6.92 Å².